The third kappa shape index (κ3) is 5.65. The second kappa shape index (κ2) is 10.3. The summed E-state index contributed by atoms with van der Waals surface area (Å²) in [6, 6.07) is 0. The predicted molar refractivity (Wildman–Crippen MR) is 66.7 cm³/mol. The normalized spacial score (nSPS) is 12.3. The fourth-order valence-electron chi connectivity index (χ4n) is 1.06. The summed E-state index contributed by atoms with van der Waals surface area (Å²) >= 11 is 0. The zero-order valence-corrected chi connectivity index (χ0v) is 13.1. The van der Waals surface area contributed by atoms with Crippen LogP contribution in [0.1, 0.15) is 0 Å². The molecule has 0 aliphatic rings. The van der Waals surface area contributed by atoms with Gasteiger partial charge in [0, 0.05) is 0 Å². The van der Waals surface area contributed by atoms with E-state index >= 15 is 0 Å². The minimum atomic E-state index is -1.16. The quantitative estimate of drug-likeness (QED) is 0.212. The van der Waals surface area contributed by atoms with Crippen LogP contribution in [0.2, 0.25) is 0 Å². The first-order chi connectivity index (χ1) is 8.07. The van der Waals surface area contributed by atoms with E-state index in [9.17, 15) is 0 Å². The first-order valence-electron chi connectivity index (χ1n) is 5.30. The van der Waals surface area contributed by atoms with Crippen molar-refractivity contribution in [2.24, 2.45) is 10.8 Å². The van der Waals surface area contributed by atoms with Crippen molar-refractivity contribution in [1.82, 2.24) is 0 Å². The monoisotopic (exact) mass is 386 g/mol. The standard InChI is InChI=1S/C10H22O7.H2Te/c11-1-9(2-12,3-13)7-17-8-10(4-14,5-15)6-16;/h11-16H,1-8H2;1H2. The molecule has 7 nitrogen and oxygen atoms in total. The summed E-state index contributed by atoms with van der Waals surface area (Å²) in [6.45, 7) is -3.01. The van der Waals surface area contributed by atoms with Crippen LogP contribution in [0, 0.1) is 10.8 Å². The molecule has 112 valence electrons. The van der Waals surface area contributed by atoms with Crippen LogP contribution in [0.4, 0.5) is 0 Å². The Kier molecular flexibility index (Phi) is 11.9. The van der Waals surface area contributed by atoms with Crippen molar-refractivity contribution in [3.8, 4) is 0 Å². The topological polar surface area (TPSA) is 131 Å². The third-order valence-corrected chi connectivity index (χ3v) is 2.83. The van der Waals surface area contributed by atoms with Gasteiger partial charge in [-0.1, -0.05) is 0 Å². The Hall–Kier alpha value is 0.510. The number of hydrogen-bond donors (Lipinski definition) is 6. The van der Waals surface area contributed by atoms with Crippen molar-refractivity contribution in [3.63, 3.8) is 0 Å². The Morgan fingerprint density at radius 2 is 0.778 bits per heavy atom. The molecule has 0 unspecified atom stereocenters. The van der Waals surface area contributed by atoms with E-state index in [2.05, 4.69) is 0 Å². The molecule has 0 rings (SSSR count). The van der Waals surface area contributed by atoms with Gasteiger partial charge in [0.25, 0.3) is 0 Å². The van der Waals surface area contributed by atoms with Crippen molar-refractivity contribution in [3.05, 3.63) is 0 Å². The molecule has 0 bridgehead atoms. The summed E-state index contributed by atoms with van der Waals surface area (Å²) in [4.78, 5) is 0. The average molecular weight is 384 g/mol. The van der Waals surface area contributed by atoms with Crippen LogP contribution in [0.15, 0.2) is 0 Å². The number of rotatable bonds is 10. The molecule has 0 aliphatic carbocycles. The zero-order valence-electron chi connectivity index (χ0n) is 10.2. The number of aliphatic hydroxyl groups is 6. The number of aliphatic hydroxyl groups excluding tert-OH is 6. The molecule has 0 saturated carbocycles. The van der Waals surface area contributed by atoms with Crippen LogP contribution in [0.5, 0.6) is 0 Å². The second-order valence-corrected chi connectivity index (χ2v) is 4.44. The summed E-state index contributed by atoms with van der Waals surface area (Å²) in [7, 11) is 0. The van der Waals surface area contributed by atoms with E-state index in [1.165, 1.54) is 0 Å². The SMILES string of the molecule is OCC(CO)(CO)COCC(CO)(CO)CO.[TeH2]. The van der Waals surface area contributed by atoms with E-state index in [1.54, 1.807) is 0 Å². The van der Waals surface area contributed by atoms with E-state index in [1.807, 2.05) is 0 Å². The molecular weight excluding hydrogens is 360 g/mol. The van der Waals surface area contributed by atoms with E-state index in [0.29, 0.717) is 0 Å². The molecular formula is C10H24O7Te. The summed E-state index contributed by atoms with van der Waals surface area (Å²) in [6.07, 6.45) is 0. The summed E-state index contributed by atoms with van der Waals surface area (Å²) < 4.78 is 5.15. The maximum absolute atomic E-state index is 9.03. The van der Waals surface area contributed by atoms with Gasteiger partial charge in [0.1, 0.15) is 0 Å². The molecule has 0 aliphatic heterocycles. The summed E-state index contributed by atoms with van der Waals surface area (Å²) in [5, 5.41) is 54.2. The van der Waals surface area contributed by atoms with Gasteiger partial charge in [0.05, 0.1) is 63.7 Å². The molecule has 0 fully saturated rings. The molecule has 0 aromatic rings. The fraction of sp³-hybridized carbons (Fsp3) is 1.00. The van der Waals surface area contributed by atoms with Gasteiger partial charge in [-0.3, -0.25) is 0 Å². The van der Waals surface area contributed by atoms with Gasteiger partial charge < -0.3 is 35.4 Å². The van der Waals surface area contributed by atoms with Gasteiger partial charge in [-0.15, -0.1) is 0 Å². The first-order valence-corrected chi connectivity index (χ1v) is 5.30. The average Bonchev–Trinajstić information content (AvgIpc) is 2.41. The molecule has 0 aromatic heterocycles. The van der Waals surface area contributed by atoms with E-state index in [0.717, 1.165) is 0 Å². The molecule has 0 amide bonds. The van der Waals surface area contributed by atoms with Crippen molar-refractivity contribution in [2.75, 3.05) is 52.9 Å². The molecule has 0 saturated heterocycles. The molecule has 6 N–H and O–H groups in total. The number of hydrogen-bond acceptors (Lipinski definition) is 7. The van der Waals surface area contributed by atoms with E-state index in [4.69, 9.17) is 35.4 Å². The van der Waals surface area contributed by atoms with Gasteiger partial charge in [-0.2, -0.15) is 0 Å². The Morgan fingerprint density at radius 3 is 0.944 bits per heavy atom. The minimum absolute atomic E-state index is 0. The Bertz CT molecular complexity index is 158. The van der Waals surface area contributed by atoms with Gasteiger partial charge in [-0.25, -0.2) is 0 Å². The van der Waals surface area contributed by atoms with Gasteiger partial charge >= 0.3 is 23.7 Å². The van der Waals surface area contributed by atoms with Crippen molar-refractivity contribution >= 4 is 23.7 Å². The summed E-state index contributed by atoms with van der Waals surface area (Å²) in [5.41, 5.74) is -2.32. The van der Waals surface area contributed by atoms with Crippen LogP contribution in [-0.2, 0) is 4.74 Å². The number of ether oxygens (including phenoxy) is 1. The third-order valence-electron chi connectivity index (χ3n) is 2.83. The van der Waals surface area contributed by atoms with Gasteiger partial charge in [-0.05, 0) is 0 Å². The Labute approximate surface area is 123 Å². The Balaban J connectivity index is 0. The Morgan fingerprint density at radius 1 is 0.556 bits per heavy atom. The van der Waals surface area contributed by atoms with Gasteiger partial charge in [0.2, 0.25) is 0 Å². The van der Waals surface area contributed by atoms with Crippen LogP contribution >= 0.6 is 0 Å². The van der Waals surface area contributed by atoms with E-state index in [-0.39, 0.29) is 36.9 Å². The zero-order chi connectivity index (χ0) is 13.4. The molecule has 0 heterocycles. The maximum atomic E-state index is 9.03. The molecule has 0 spiro atoms. The van der Waals surface area contributed by atoms with Crippen LogP contribution in [0.25, 0.3) is 0 Å². The fourth-order valence-corrected chi connectivity index (χ4v) is 1.06. The molecule has 18 heavy (non-hydrogen) atoms. The molecule has 8 heteroatoms. The van der Waals surface area contributed by atoms with E-state index < -0.39 is 50.5 Å². The first kappa shape index (κ1) is 20.8. The van der Waals surface area contributed by atoms with Crippen LogP contribution in [-0.4, -0.2) is 107 Å². The molecule has 0 atom stereocenters. The van der Waals surface area contributed by atoms with Gasteiger partial charge in [0.15, 0.2) is 0 Å². The molecule has 0 aromatic carbocycles. The molecule has 0 radical (unpaired) electrons. The van der Waals surface area contributed by atoms with Crippen LogP contribution < -0.4 is 0 Å². The van der Waals surface area contributed by atoms with Crippen LogP contribution in [0.3, 0.4) is 0 Å². The van der Waals surface area contributed by atoms with Crippen molar-refractivity contribution in [2.45, 2.75) is 0 Å². The summed E-state index contributed by atoms with van der Waals surface area (Å²) in [5.74, 6) is 0. The van der Waals surface area contributed by atoms with Crippen molar-refractivity contribution < 1.29 is 35.4 Å². The van der Waals surface area contributed by atoms with Crippen molar-refractivity contribution in [1.29, 1.82) is 0 Å². The second-order valence-electron chi connectivity index (χ2n) is 4.44. The predicted octanol–water partition coefficient (Wildman–Crippen LogP) is -3.99.